The minimum Gasteiger partial charge on any atom is -0.0616 e. The van der Waals surface area contributed by atoms with Crippen LogP contribution in [0, 0.1) is 0 Å². The number of rotatable bonds is 4. The van der Waals surface area contributed by atoms with Crippen LogP contribution in [0.3, 0.4) is 0 Å². The molecule has 0 heterocycles. The summed E-state index contributed by atoms with van der Waals surface area (Å²) in [5.74, 6) is 0. The Kier molecular flexibility index (Phi) is 3.03. The van der Waals surface area contributed by atoms with Crippen LogP contribution in [0.1, 0.15) is 34.3 Å². The number of hydrogen-bond acceptors (Lipinski definition) is 0. The first-order valence-electron chi connectivity index (χ1n) is 27.8. The van der Waals surface area contributed by atoms with Gasteiger partial charge in [0.25, 0.3) is 0 Å². The normalized spacial score (nSPS) is 18.6. The molecule has 10 rings (SSSR count). The molecule has 10 aromatic carbocycles. The van der Waals surface area contributed by atoms with Crippen LogP contribution < -0.4 is 0 Å². The second-order valence-corrected chi connectivity index (χ2v) is 11.3. The lowest BCUT2D eigenvalue weighted by Crippen LogP contribution is -1.92. The second kappa shape index (κ2) is 11.6. The van der Waals surface area contributed by atoms with Crippen molar-refractivity contribution in [3.05, 3.63) is 194 Å². The molecule has 0 bridgehead atoms. The smallest absolute Gasteiger partial charge is 0.0616 e. The summed E-state index contributed by atoms with van der Waals surface area (Å²) in [6.45, 7) is 0. The van der Waals surface area contributed by atoms with Crippen molar-refractivity contribution in [2.24, 2.45) is 0 Å². The molecule has 0 radical (unpaired) electrons. The third-order valence-corrected chi connectivity index (χ3v) is 8.50. The van der Waals surface area contributed by atoms with E-state index in [9.17, 15) is 17.8 Å². The molecule has 0 N–H and O–H groups in total. The van der Waals surface area contributed by atoms with Gasteiger partial charge in [-0.15, -0.1) is 0 Å². The number of fused-ring (bicyclic) bond motifs is 5. The summed E-state index contributed by atoms with van der Waals surface area (Å²) in [6, 6.07) is -10.5. The molecule has 0 aromatic heterocycles. The predicted octanol–water partition coefficient (Wildman–Crippen LogP) is 14.1. The molecule has 232 valence electrons. The lowest BCUT2D eigenvalue weighted by Gasteiger charge is -2.19. The van der Waals surface area contributed by atoms with Crippen LogP contribution in [0.5, 0.6) is 0 Å². The van der Waals surface area contributed by atoms with Gasteiger partial charge in [-0.2, -0.15) is 0 Å². The first-order valence-corrected chi connectivity index (χ1v) is 15.3. The maximum Gasteiger partial charge on any atom is 0.0636 e. The molecule has 0 amide bonds. The van der Waals surface area contributed by atoms with Crippen LogP contribution >= 0.6 is 0 Å². The Labute approximate surface area is 326 Å². The van der Waals surface area contributed by atoms with E-state index >= 15 is 0 Å². The van der Waals surface area contributed by atoms with E-state index in [1.165, 1.54) is 0 Å². The fraction of sp³-hybridized carbons (Fsp3) is 0. The van der Waals surface area contributed by atoms with Gasteiger partial charge in [-0.05, 0) is 110 Å². The van der Waals surface area contributed by atoms with E-state index in [-0.39, 0.29) is 11.1 Å². The molecule has 0 saturated carbocycles. The van der Waals surface area contributed by atoms with Crippen molar-refractivity contribution >= 4 is 53.9 Å². The van der Waals surface area contributed by atoms with Crippen LogP contribution in [0.4, 0.5) is 0 Å². The van der Waals surface area contributed by atoms with E-state index in [0.29, 0.717) is 10.8 Å². The molecular weight excluding hydrogens is 601 g/mol. The van der Waals surface area contributed by atoms with Crippen LogP contribution in [-0.2, 0) is 0 Å². The average Bonchev–Trinajstić information content (AvgIpc) is 3.43. The van der Waals surface area contributed by atoms with Crippen molar-refractivity contribution in [2.45, 2.75) is 0 Å². The number of benzene rings is 10. The van der Waals surface area contributed by atoms with E-state index in [4.69, 9.17) is 16.4 Å². The molecule has 0 heteroatoms. The van der Waals surface area contributed by atoms with Gasteiger partial charge in [-0.1, -0.05) is 181 Å². The lowest BCUT2D eigenvalue weighted by molar-refractivity contribution is 1.63. The Hall–Kier alpha value is -6.50. The summed E-state index contributed by atoms with van der Waals surface area (Å²) >= 11 is 0. The SMILES string of the molecule is [2H]c1c([2H])c(-c2c3c([2H])c([2H])c([2H])c([2H])c3c(-c3c([2H])c([2H])c4c([2H])c([2H])c([2H])c([2H])c4c3[2H])c3c([2H])c([2H])c(-c4c([2H])c([2H])c([2H])c5c([2H])c([2H])c([2H])c([2H])c45)c([2H])c23)c([2H])c([2H])c1-c1cccc2ccccc12. The topological polar surface area (TPSA) is 0 Å². The Morgan fingerprint density at radius 2 is 0.880 bits per heavy atom. The highest BCUT2D eigenvalue weighted by Crippen LogP contribution is 2.46. The quantitative estimate of drug-likeness (QED) is 0.165. The van der Waals surface area contributed by atoms with E-state index in [1.54, 1.807) is 42.5 Å². The van der Waals surface area contributed by atoms with Crippen molar-refractivity contribution < 1.29 is 34.3 Å². The summed E-state index contributed by atoms with van der Waals surface area (Å²) < 4.78 is 230. The Morgan fingerprint density at radius 3 is 1.72 bits per heavy atom. The largest absolute Gasteiger partial charge is 0.0636 e. The van der Waals surface area contributed by atoms with Gasteiger partial charge < -0.3 is 0 Å². The lowest BCUT2D eigenvalue weighted by atomic mass is 9.84. The highest BCUT2D eigenvalue weighted by molar-refractivity contribution is 6.22. The van der Waals surface area contributed by atoms with Gasteiger partial charge in [0.2, 0.25) is 0 Å². The van der Waals surface area contributed by atoms with Crippen molar-refractivity contribution in [2.75, 3.05) is 0 Å². The van der Waals surface area contributed by atoms with Crippen LogP contribution in [0.2, 0.25) is 0 Å². The Bertz CT molecular complexity index is 4310. The Morgan fingerprint density at radius 1 is 0.280 bits per heavy atom. The van der Waals surface area contributed by atoms with Crippen LogP contribution in [0.15, 0.2) is 194 Å². The molecule has 10 aromatic rings. The van der Waals surface area contributed by atoms with Crippen molar-refractivity contribution in [1.29, 1.82) is 0 Å². The molecule has 0 aliphatic rings. The van der Waals surface area contributed by atoms with Gasteiger partial charge in [0.1, 0.15) is 0 Å². The van der Waals surface area contributed by atoms with Crippen molar-refractivity contribution in [3.8, 4) is 44.5 Å². The van der Waals surface area contributed by atoms with Gasteiger partial charge in [-0.3, -0.25) is 0 Å². The van der Waals surface area contributed by atoms with Crippen LogP contribution in [0.25, 0.3) is 98.4 Å². The van der Waals surface area contributed by atoms with Crippen molar-refractivity contribution in [3.63, 3.8) is 0 Å². The standard InChI is InChI=1S/C50H32/c1-2-14-38-31-40(28-23-33(38)11-1)50-46-20-8-7-19-45(46)49(37-26-24-36(25-27-37)43-21-9-15-34-12-3-5-17-41(34)43)48-32-39(29-30-47(48)50)44-22-10-16-35-13-4-6-18-42(35)44/h1-32H/i1D,2D,4D,6D,7D,8D,10D,11D,13D,14D,16D,18D,19D,20D,22D,23D,24D,25D,26D,27D,28D,29D,30D,31D,32D. The zero-order valence-electron chi connectivity index (χ0n) is 50.5. The van der Waals surface area contributed by atoms with Crippen molar-refractivity contribution in [1.82, 2.24) is 0 Å². The number of hydrogen-bond donors (Lipinski definition) is 0. The first kappa shape index (κ1) is 13.1. The third kappa shape index (κ3) is 4.61. The molecule has 0 aliphatic heterocycles. The van der Waals surface area contributed by atoms with E-state index < -0.39 is 228 Å². The molecule has 0 spiro atoms. The molecule has 0 nitrogen and oxygen atoms in total. The van der Waals surface area contributed by atoms with Gasteiger partial charge in [0.05, 0.1) is 34.3 Å². The summed E-state index contributed by atoms with van der Waals surface area (Å²) in [5.41, 5.74) is -4.48. The molecular formula is C50H32. The summed E-state index contributed by atoms with van der Waals surface area (Å²) in [5, 5.41) is -4.18. The molecule has 50 heavy (non-hydrogen) atoms. The maximum atomic E-state index is 10.3. The van der Waals surface area contributed by atoms with E-state index in [0.717, 1.165) is 0 Å². The fourth-order valence-corrected chi connectivity index (χ4v) is 6.27. The predicted molar refractivity (Wildman–Crippen MR) is 216 cm³/mol. The Balaban J connectivity index is 1.56. The first-order chi connectivity index (χ1) is 35.2. The van der Waals surface area contributed by atoms with Gasteiger partial charge >= 0.3 is 0 Å². The minimum absolute atomic E-state index is 0.210. The monoisotopic (exact) mass is 657 g/mol. The van der Waals surface area contributed by atoms with E-state index in [1.807, 2.05) is 0 Å². The summed E-state index contributed by atoms with van der Waals surface area (Å²) in [6.07, 6.45) is 0. The highest BCUT2D eigenvalue weighted by Gasteiger charge is 2.18. The molecule has 0 unspecified atom stereocenters. The highest BCUT2D eigenvalue weighted by atomic mass is 14.2. The zero-order chi connectivity index (χ0) is 54.8. The van der Waals surface area contributed by atoms with Crippen LogP contribution in [-0.4, -0.2) is 0 Å². The minimum atomic E-state index is -1.06. The second-order valence-electron chi connectivity index (χ2n) is 11.3. The molecule has 0 fully saturated rings. The fourth-order valence-electron chi connectivity index (χ4n) is 6.27. The van der Waals surface area contributed by atoms with Gasteiger partial charge in [-0.25, -0.2) is 0 Å². The van der Waals surface area contributed by atoms with Gasteiger partial charge in [0, 0.05) is 0 Å². The molecule has 0 saturated heterocycles. The summed E-state index contributed by atoms with van der Waals surface area (Å²) in [7, 11) is 0. The average molecular weight is 658 g/mol. The maximum absolute atomic E-state index is 10.3. The third-order valence-electron chi connectivity index (χ3n) is 8.50. The molecule has 0 atom stereocenters. The molecule has 0 aliphatic carbocycles. The zero-order valence-corrected chi connectivity index (χ0v) is 25.5. The summed E-state index contributed by atoms with van der Waals surface area (Å²) in [4.78, 5) is 0. The van der Waals surface area contributed by atoms with Gasteiger partial charge in [0.15, 0.2) is 0 Å². The van der Waals surface area contributed by atoms with E-state index in [2.05, 4.69) is 0 Å².